The number of hydrogen-bond donors (Lipinski definition) is 1. The molecule has 2 aromatic rings. The molecule has 2 aliphatic heterocycles. The van der Waals surface area contributed by atoms with Crippen LogP contribution < -0.4 is 5.32 Å². The van der Waals surface area contributed by atoms with Crippen molar-refractivity contribution in [1.82, 2.24) is 24.8 Å². The molecular formula is C19H24N6O2. The predicted molar refractivity (Wildman–Crippen MR) is 99.2 cm³/mol. The molecule has 142 valence electrons. The molecule has 1 N–H and O–H groups in total. The quantitative estimate of drug-likeness (QED) is 0.886. The van der Waals surface area contributed by atoms with Crippen LogP contribution in [0.15, 0.2) is 30.9 Å². The number of nitrogens with zero attached hydrogens (tertiary/aromatic N) is 5. The van der Waals surface area contributed by atoms with Crippen molar-refractivity contribution < 1.29 is 9.53 Å². The molecule has 2 aromatic heterocycles. The third-order valence-electron chi connectivity index (χ3n) is 5.18. The SMILES string of the molecule is O=C(C1CCOCC1)N1CCCC[C@H]1c1ccnc(Nc2cnccn2)n1. The first-order chi connectivity index (χ1) is 13.3. The molecule has 0 radical (unpaired) electrons. The van der Waals surface area contributed by atoms with Crippen LogP contribution in [0.5, 0.6) is 0 Å². The number of hydrogen-bond acceptors (Lipinski definition) is 7. The molecule has 27 heavy (non-hydrogen) atoms. The summed E-state index contributed by atoms with van der Waals surface area (Å²) in [6.45, 7) is 2.14. The number of piperidine rings is 1. The Morgan fingerprint density at radius 3 is 2.81 bits per heavy atom. The lowest BCUT2D eigenvalue weighted by molar-refractivity contribution is -0.142. The molecule has 4 heterocycles. The molecule has 0 spiro atoms. The molecule has 2 saturated heterocycles. The Bertz CT molecular complexity index is 766. The van der Waals surface area contributed by atoms with Crippen molar-refractivity contribution >= 4 is 17.7 Å². The first-order valence-corrected chi connectivity index (χ1v) is 9.55. The van der Waals surface area contributed by atoms with Crippen molar-refractivity contribution in [1.29, 1.82) is 0 Å². The number of nitrogens with one attached hydrogen (secondary N) is 1. The lowest BCUT2D eigenvalue weighted by atomic mass is 9.93. The van der Waals surface area contributed by atoms with E-state index in [1.54, 1.807) is 24.8 Å². The number of amides is 1. The molecule has 0 saturated carbocycles. The van der Waals surface area contributed by atoms with Gasteiger partial charge < -0.3 is 15.0 Å². The Hall–Kier alpha value is -2.61. The van der Waals surface area contributed by atoms with Crippen LogP contribution in [-0.2, 0) is 9.53 Å². The van der Waals surface area contributed by atoms with Crippen LogP contribution in [0, 0.1) is 5.92 Å². The molecule has 0 aromatic carbocycles. The number of rotatable bonds is 4. The molecule has 8 nitrogen and oxygen atoms in total. The fraction of sp³-hybridized carbons (Fsp3) is 0.526. The summed E-state index contributed by atoms with van der Waals surface area (Å²) in [6, 6.07) is 1.90. The summed E-state index contributed by atoms with van der Waals surface area (Å²) < 4.78 is 5.41. The minimum absolute atomic E-state index is 0.000461. The first kappa shape index (κ1) is 17.8. The summed E-state index contributed by atoms with van der Waals surface area (Å²) in [5.74, 6) is 1.37. The number of carbonyl (C=O) groups is 1. The standard InChI is InChI=1S/C19H24N6O2/c26-18(14-5-11-27-12-6-14)25-10-2-1-3-16(25)15-4-7-22-19(23-15)24-17-13-20-8-9-21-17/h4,7-9,13-14,16H,1-3,5-6,10-12H2,(H,21,22,23,24)/t16-/m0/s1. The summed E-state index contributed by atoms with van der Waals surface area (Å²) in [5.41, 5.74) is 0.872. The topological polar surface area (TPSA) is 93.1 Å². The Kier molecular flexibility index (Phi) is 5.53. The van der Waals surface area contributed by atoms with Gasteiger partial charge in [-0.1, -0.05) is 0 Å². The lowest BCUT2D eigenvalue weighted by Crippen LogP contribution is -2.43. The minimum atomic E-state index is -0.000461. The van der Waals surface area contributed by atoms with Gasteiger partial charge in [-0.3, -0.25) is 9.78 Å². The second-order valence-corrected chi connectivity index (χ2v) is 6.95. The normalized spacial score (nSPS) is 21.0. The van der Waals surface area contributed by atoms with Crippen molar-refractivity contribution in [3.63, 3.8) is 0 Å². The van der Waals surface area contributed by atoms with E-state index in [1.807, 2.05) is 11.0 Å². The summed E-state index contributed by atoms with van der Waals surface area (Å²) in [6.07, 6.45) is 11.3. The van der Waals surface area contributed by atoms with Gasteiger partial charge in [-0.25, -0.2) is 15.0 Å². The fourth-order valence-corrected chi connectivity index (χ4v) is 3.78. The Morgan fingerprint density at radius 1 is 1.11 bits per heavy atom. The van der Waals surface area contributed by atoms with Gasteiger partial charge in [0.05, 0.1) is 17.9 Å². The summed E-state index contributed by atoms with van der Waals surface area (Å²) >= 11 is 0. The van der Waals surface area contributed by atoms with E-state index in [4.69, 9.17) is 4.74 Å². The van der Waals surface area contributed by atoms with Gasteiger partial charge in [-0.05, 0) is 38.2 Å². The largest absolute Gasteiger partial charge is 0.381 e. The van der Waals surface area contributed by atoms with E-state index < -0.39 is 0 Å². The van der Waals surface area contributed by atoms with Gasteiger partial charge in [0.15, 0.2) is 5.82 Å². The second-order valence-electron chi connectivity index (χ2n) is 6.95. The van der Waals surface area contributed by atoms with Crippen molar-refractivity contribution in [3.8, 4) is 0 Å². The molecule has 0 aliphatic carbocycles. The van der Waals surface area contributed by atoms with Crippen molar-refractivity contribution in [3.05, 3.63) is 36.5 Å². The molecule has 0 bridgehead atoms. The number of anilines is 2. The highest BCUT2D eigenvalue weighted by Gasteiger charge is 2.33. The van der Waals surface area contributed by atoms with E-state index in [2.05, 4.69) is 25.3 Å². The van der Waals surface area contributed by atoms with Crippen LogP contribution in [0.1, 0.15) is 43.8 Å². The average Bonchev–Trinajstić information content (AvgIpc) is 2.75. The fourth-order valence-electron chi connectivity index (χ4n) is 3.78. The van der Waals surface area contributed by atoms with E-state index >= 15 is 0 Å². The van der Waals surface area contributed by atoms with Gasteiger partial charge in [0.25, 0.3) is 0 Å². The molecule has 4 rings (SSSR count). The van der Waals surface area contributed by atoms with E-state index in [0.717, 1.165) is 44.3 Å². The van der Waals surface area contributed by atoms with Gasteiger partial charge in [-0.15, -0.1) is 0 Å². The van der Waals surface area contributed by atoms with Crippen LogP contribution in [0.4, 0.5) is 11.8 Å². The average molecular weight is 368 g/mol. The van der Waals surface area contributed by atoms with Gasteiger partial charge in [0.1, 0.15) is 0 Å². The Morgan fingerprint density at radius 2 is 2.00 bits per heavy atom. The first-order valence-electron chi connectivity index (χ1n) is 9.55. The molecule has 0 unspecified atom stereocenters. The lowest BCUT2D eigenvalue weighted by Gasteiger charge is -2.38. The molecular weight excluding hydrogens is 344 g/mol. The van der Waals surface area contributed by atoms with Gasteiger partial charge in [0.2, 0.25) is 11.9 Å². The van der Waals surface area contributed by atoms with E-state index in [1.165, 1.54) is 0 Å². The van der Waals surface area contributed by atoms with E-state index in [9.17, 15) is 4.79 Å². The second kappa shape index (κ2) is 8.39. The van der Waals surface area contributed by atoms with Crippen molar-refractivity contribution in [2.45, 2.75) is 38.1 Å². The third-order valence-corrected chi connectivity index (χ3v) is 5.18. The molecule has 1 amide bonds. The highest BCUT2D eigenvalue weighted by atomic mass is 16.5. The number of ether oxygens (including phenoxy) is 1. The predicted octanol–water partition coefficient (Wildman–Crippen LogP) is 2.49. The molecule has 2 fully saturated rings. The van der Waals surface area contributed by atoms with E-state index in [-0.39, 0.29) is 17.9 Å². The molecule has 1 atom stereocenters. The monoisotopic (exact) mass is 368 g/mol. The minimum Gasteiger partial charge on any atom is -0.381 e. The number of carbonyl (C=O) groups excluding carboxylic acids is 1. The molecule has 8 heteroatoms. The zero-order valence-electron chi connectivity index (χ0n) is 15.3. The van der Waals surface area contributed by atoms with Gasteiger partial charge in [0, 0.05) is 44.3 Å². The maximum atomic E-state index is 13.1. The Labute approximate surface area is 158 Å². The van der Waals surface area contributed by atoms with Gasteiger partial charge >= 0.3 is 0 Å². The maximum absolute atomic E-state index is 13.1. The van der Waals surface area contributed by atoms with Crippen LogP contribution >= 0.6 is 0 Å². The highest BCUT2D eigenvalue weighted by Crippen LogP contribution is 2.33. The zero-order chi connectivity index (χ0) is 18.5. The summed E-state index contributed by atoms with van der Waals surface area (Å²) in [7, 11) is 0. The third kappa shape index (κ3) is 4.21. The number of likely N-dealkylation sites (tertiary alicyclic amines) is 1. The highest BCUT2D eigenvalue weighted by molar-refractivity contribution is 5.79. The Balaban J connectivity index is 1.53. The van der Waals surface area contributed by atoms with E-state index in [0.29, 0.717) is 25.0 Å². The maximum Gasteiger partial charge on any atom is 0.228 e. The number of aromatic nitrogens is 4. The summed E-state index contributed by atoms with van der Waals surface area (Å²) in [4.78, 5) is 32.3. The van der Waals surface area contributed by atoms with Crippen molar-refractivity contribution in [2.75, 3.05) is 25.1 Å². The van der Waals surface area contributed by atoms with Crippen LogP contribution in [-0.4, -0.2) is 50.5 Å². The van der Waals surface area contributed by atoms with Gasteiger partial charge in [-0.2, -0.15) is 0 Å². The zero-order valence-corrected chi connectivity index (χ0v) is 15.3. The smallest absolute Gasteiger partial charge is 0.228 e. The van der Waals surface area contributed by atoms with Crippen molar-refractivity contribution in [2.24, 2.45) is 5.92 Å². The summed E-state index contributed by atoms with van der Waals surface area (Å²) in [5, 5.41) is 3.08. The van der Waals surface area contributed by atoms with Crippen LogP contribution in [0.3, 0.4) is 0 Å². The van der Waals surface area contributed by atoms with Crippen LogP contribution in [0.25, 0.3) is 0 Å². The van der Waals surface area contributed by atoms with Crippen LogP contribution in [0.2, 0.25) is 0 Å². The molecule has 2 aliphatic rings.